The fourth-order valence-corrected chi connectivity index (χ4v) is 1.83. The molecule has 19 heavy (non-hydrogen) atoms. The smallest absolute Gasteiger partial charge is 0.106 e. The molecule has 0 saturated heterocycles. The summed E-state index contributed by atoms with van der Waals surface area (Å²) in [5, 5.41) is 29.8. The number of aromatic amines is 1. The summed E-state index contributed by atoms with van der Waals surface area (Å²) < 4.78 is 0. The second kappa shape index (κ2) is 6.01. The highest BCUT2D eigenvalue weighted by Gasteiger charge is 2.21. The van der Waals surface area contributed by atoms with Crippen molar-refractivity contribution < 1.29 is 10.2 Å². The Kier molecular flexibility index (Phi) is 4.15. The lowest BCUT2D eigenvalue weighted by Gasteiger charge is -2.19. The molecule has 0 aliphatic heterocycles. The van der Waals surface area contributed by atoms with E-state index in [-0.39, 0.29) is 6.54 Å². The van der Waals surface area contributed by atoms with E-state index in [9.17, 15) is 10.2 Å². The van der Waals surface area contributed by atoms with Gasteiger partial charge >= 0.3 is 0 Å². The van der Waals surface area contributed by atoms with E-state index in [2.05, 4.69) is 20.2 Å². The average molecular weight is 259 g/mol. The molecular weight excluding hydrogens is 246 g/mol. The van der Waals surface area contributed by atoms with E-state index >= 15 is 0 Å². The maximum atomic E-state index is 10.1. The number of aromatic nitrogens is 2. The van der Waals surface area contributed by atoms with Crippen LogP contribution in [0.25, 0.3) is 21.7 Å². The number of aliphatic hydroxyl groups is 2. The van der Waals surface area contributed by atoms with Crippen molar-refractivity contribution in [2.24, 2.45) is 5.11 Å². The van der Waals surface area contributed by atoms with Gasteiger partial charge in [-0.15, -0.1) is 0 Å². The molecule has 7 heteroatoms. The van der Waals surface area contributed by atoms with Gasteiger partial charge in [0, 0.05) is 16.7 Å². The Morgan fingerprint density at radius 2 is 2.11 bits per heavy atom. The van der Waals surface area contributed by atoms with E-state index in [0.29, 0.717) is 5.56 Å². The van der Waals surface area contributed by atoms with Crippen molar-refractivity contribution in [2.75, 3.05) is 6.54 Å². The number of nitrogens with one attached hydrogen (secondary N) is 1. The summed E-state index contributed by atoms with van der Waals surface area (Å²) in [6, 6.07) is 8.88. The molecule has 0 bridgehead atoms. The summed E-state index contributed by atoms with van der Waals surface area (Å²) >= 11 is 0. The van der Waals surface area contributed by atoms with Crippen LogP contribution in [0.15, 0.2) is 41.6 Å². The highest BCUT2D eigenvalue weighted by Crippen LogP contribution is 2.28. The van der Waals surface area contributed by atoms with Crippen LogP contribution in [0.5, 0.6) is 0 Å². The first-order valence-corrected chi connectivity index (χ1v) is 5.69. The van der Waals surface area contributed by atoms with Gasteiger partial charge < -0.3 is 10.2 Å². The van der Waals surface area contributed by atoms with E-state index in [4.69, 9.17) is 5.53 Å². The number of benzene rings is 1. The van der Waals surface area contributed by atoms with E-state index < -0.39 is 12.2 Å². The standard InChI is InChI=1S/C12H13N5O2/c13-17-15-7-11(18)12(19)9-4-2-1-3-8(9)10-5-6-14-16-10/h1-6,11-12,18-19H,7H2,(H,14,16). The third-order valence-electron chi connectivity index (χ3n) is 2.77. The first-order chi connectivity index (χ1) is 9.24. The predicted octanol–water partition coefficient (Wildman–Crippen LogP) is 1.78. The van der Waals surface area contributed by atoms with Crippen molar-refractivity contribution in [1.29, 1.82) is 0 Å². The van der Waals surface area contributed by atoms with E-state index in [1.807, 2.05) is 12.1 Å². The first-order valence-electron chi connectivity index (χ1n) is 5.69. The zero-order valence-corrected chi connectivity index (χ0v) is 10.0. The van der Waals surface area contributed by atoms with Gasteiger partial charge in [-0.3, -0.25) is 5.10 Å². The van der Waals surface area contributed by atoms with Crippen LogP contribution in [0.3, 0.4) is 0 Å². The van der Waals surface area contributed by atoms with Crippen molar-refractivity contribution in [1.82, 2.24) is 10.2 Å². The Hall–Kier alpha value is -2.34. The van der Waals surface area contributed by atoms with Crippen molar-refractivity contribution in [3.63, 3.8) is 0 Å². The molecule has 0 aliphatic carbocycles. The lowest BCUT2D eigenvalue weighted by molar-refractivity contribution is 0.0247. The maximum absolute atomic E-state index is 10.1. The number of nitrogens with zero attached hydrogens (tertiary/aromatic N) is 4. The third-order valence-corrected chi connectivity index (χ3v) is 2.77. The molecule has 2 aromatic rings. The van der Waals surface area contributed by atoms with Crippen LogP contribution in [0.1, 0.15) is 11.7 Å². The van der Waals surface area contributed by atoms with Gasteiger partial charge in [0.15, 0.2) is 0 Å². The quantitative estimate of drug-likeness (QED) is 0.431. The van der Waals surface area contributed by atoms with Crippen molar-refractivity contribution >= 4 is 0 Å². The molecule has 0 saturated carbocycles. The van der Waals surface area contributed by atoms with Crippen LogP contribution >= 0.6 is 0 Å². The Bertz CT molecular complexity index is 578. The molecule has 0 amide bonds. The van der Waals surface area contributed by atoms with Gasteiger partial charge in [-0.25, -0.2) is 0 Å². The molecule has 98 valence electrons. The van der Waals surface area contributed by atoms with Gasteiger partial charge in [-0.2, -0.15) is 5.10 Å². The van der Waals surface area contributed by atoms with Crippen LogP contribution in [-0.2, 0) is 0 Å². The monoisotopic (exact) mass is 259 g/mol. The molecule has 2 unspecified atom stereocenters. The highest BCUT2D eigenvalue weighted by molar-refractivity contribution is 5.63. The molecule has 0 spiro atoms. The number of azide groups is 1. The van der Waals surface area contributed by atoms with Crippen LogP contribution in [0, 0.1) is 0 Å². The van der Waals surface area contributed by atoms with Gasteiger partial charge in [0.2, 0.25) is 0 Å². The molecule has 7 nitrogen and oxygen atoms in total. The Labute approximate surface area is 109 Å². The molecule has 0 fully saturated rings. The summed E-state index contributed by atoms with van der Waals surface area (Å²) in [5.74, 6) is 0. The fraction of sp³-hybridized carbons (Fsp3) is 0.250. The minimum atomic E-state index is -1.15. The van der Waals surface area contributed by atoms with Crippen LogP contribution in [-0.4, -0.2) is 33.1 Å². The van der Waals surface area contributed by atoms with Crippen molar-refractivity contribution in [3.8, 4) is 11.3 Å². The maximum Gasteiger partial charge on any atom is 0.106 e. The van der Waals surface area contributed by atoms with Gasteiger partial charge in [-0.1, -0.05) is 29.4 Å². The molecule has 0 aliphatic rings. The number of hydrogen-bond acceptors (Lipinski definition) is 4. The molecule has 3 N–H and O–H groups in total. The molecule has 2 atom stereocenters. The van der Waals surface area contributed by atoms with Gasteiger partial charge in [0.25, 0.3) is 0 Å². The van der Waals surface area contributed by atoms with Crippen LogP contribution in [0.4, 0.5) is 0 Å². The average Bonchev–Trinajstić information content (AvgIpc) is 2.98. The van der Waals surface area contributed by atoms with Gasteiger partial charge in [-0.05, 0) is 17.2 Å². The molecule has 0 radical (unpaired) electrons. The Morgan fingerprint density at radius 3 is 2.79 bits per heavy atom. The molecule has 1 aromatic carbocycles. The summed E-state index contributed by atoms with van der Waals surface area (Å²) in [6.07, 6.45) is -0.681. The van der Waals surface area contributed by atoms with E-state index in [1.165, 1.54) is 0 Å². The third kappa shape index (κ3) is 2.92. The Morgan fingerprint density at radius 1 is 1.32 bits per heavy atom. The minimum absolute atomic E-state index is 0.186. The lowest BCUT2D eigenvalue weighted by atomic mass is 9.97. The van der Waals surface area contributed by atoms with Crippen molar-refractivity contribution in [3.05, 3.63) is 52.5 Å². The Balaban J connectivity index is 2.32. The normalized spacial score (nSPS) is 13.6. The van der Waals surface area contributed by atoms with Gasteiger partial charge in [0.05, 0.1) is 18.3 Å². The molecule has 2 rings (SSSR count). The van der Waals surface area contributed by atoms with Crippen LogP contribution in [0.2, 0.25) is 0 Å². The lowest BCUT2D eigenvalue weighted by Crippen LogP contribution is -2.21. The van der Waals surface area contributed by atoms with Crippen molar-refractivity contribution in [2.45, 2.75) is 12.2 Å². The molecule has 1 aromatic heterocycles. The number of aliphatic hydroxyl groups excluding tert-OH is 2. The summed E-state index contributed by atoms with van der Waals surface area (Å²) in [7, 11) is 0. The van der Waals surface area contributed by atoms with E-state index in [0.717, 1.165) is 11.3 Å². The topological polar surface area (TPSA) is 118 Å². The summed E-state index contributed by atoms with van der Waals surface area (Å²) in [5.41, 5.74) is 10.3. The highest BCUT2D eigenvalue weighted by atomic mass is 16.3. The largest absolute Gasteiger partial charge is 0.390 e. The first kappa shape index (κ1) is 13.1. The zero-order valence-electron chi connectivity index (χ0n) is 10.0. The second-order valence-electron chi connectivity index (χ2n) is 3.98. The van der Waals surface area contributed by atoms with E-state index in [1.54, 1.807) is 24.4 Å². The molecular formula is C12H13N5O2. The summed E-state index contributed by atoms with van der Waals surface area (Å²) in [6.45, 7) is -0.186. The summed E-state index contributed by atoms with van der Waals surface area (Å²) in [4.78, 5) is 2.56. The SMILES string of the molecule is [N-]=[N+]=NCC(O)C(O)c1ccccc1-c1ccn[nH]1. The fourth-order valence-electron chi connectivity index (χ4n) is 1.83. The second-order valence-corrected chi connectivity index (χ2v) is 3.98. The number of H-pyrrole nitrogens is 1. The minimum Gasteiger partial charge on any atom is -0.390 e. The van der Waals surface area contributed by atoms with Crippen LogP contribution < -0.4 is 0 Å². The zero-order chi connectivity index (χ0) is 13.7. The predicted molar refractivity (Wildman–Crippen MR) is 69.0 cm³/mol. The van der Waals surface area contributed by atoms with Gasteiger partial charge in [0.1, 0.15) is 6.10 Å². The number of hydrogen-bond donors (Lipinski definition) is 3. The molecule has 1 heterocycles. The number of rotatable bonds is 5.